The van der Waals surface area contributed by atoms with Crippen LogP contribution in [0.1, 0.15) is 11.1 Å². The minimum absolute atomic E-state index is 0.714. The average molecular weight is 386 g/mol. The van der Waals surface area contributed by atoms with Crippen LogP contribution in [0.25, 0.3) is 0 Å². The predicted octanol–water partition coefficient (Wildman–Crippen LogP) is 3.84. The molecule has 144 valence electrons. The summed E-state index contributed by atoms with van der Waals surface area (Å²) >= 11 is 5.64. The second-order valence-corrected chi connectivity index (χ2v) is 7.15. The van der Waals surface area contributed by atoms with Crippen molar-refractivity contribution in [2.75, 3.05) is 50.6 Å². The number of hydrogen-bond acceptors (Lipinski definition) is 4. The van der Waals surface area contributed by atoms with Gasteiger partial charge in [0.25, 0.3) is 0 Å². The van der Waals surface area contributed by atoms with E-state index in [0.717, 1.165) is 42.7 Å². The van der Waals surface area contributed by atoms with Crippen LogP contribution in [-0.4, -0.2) is 50.4 Å². The molecule has 0 radical (unpaired) electrons. The van der Waals surface area contributed by atoms with Crippen molar-refractivity contribution in [1.29, 1.82) is 0 Å². The van der Waals surface area contributed by atoms with E-state index in [4.69, 9.17) is 21.7 Å². The van der Waals surface area contributed by atoms with Gasteiger partial charge in [-0.15, -0.1) is 0 Å². The molecule has 0 spiro atoms. The Hall–Kier alpha value is -2.47. The number of methoxy groups -OCH3 is 2. The molecule has 1 aliphatic rings. The van der Waals surface area contributed by atoms with Crippen molar-refractivity contribution >= 4 is 28.7 Å². The van der Waals surface area contributed by atoms with Gasteiger partial charge >= 0.3 is 0 Å². The lowest BCUT2D eigenvalue weighted by molar-refractivity contribution is 0.388. The van der Waals surface area contributed by atoms with Crippen LogP contribution in [0.15, 0.2) is 36.4 Å². The second kappa shape index (κ2) is 8.48. The van der Waals surface area contributed by atoms with Gasteiger partial charge in [0, 0.05) is 37.9 Å². The zero-order valence-corrected chi connectivity index (χ0v) is 17.2. The van der Waals surface area contributed by atoms with E-state index in [1.807, 2.05) is 18.2 Å². The molecule has 0 atom stereocenters. The molecule has 1 aliphatic heterocycles. The second-order valence-electron chi connectivity index (χ2n) is 6.76. The maximum Gasteiger partial charge on any atom is 0.173 e. The first-order valence-electron chi connectivity index (χ1n) is 9.12. The van der Waals surface area contributed by atoms with Crippen molar-refractivity contribution in [3.63, 3.8) is 0 Å². The summed E-state index contributed by atoms with van der Waals surface area (Å²) in [4.78, 5) is 4.65. The van der Waals surface area contributed by atoms with Gasteiger partial charge in [-0.3, -0.25) is 0 Å². The Morgan fingerprint density at radius 3 is 2.37 bits per heavy atom. The normalized spacial score (nSPS) is 14.1. The molecule has 0 amide bonds. The van der Waals surface area contributed by atoms with Crippen LogP contribution in [0.4, 0.5) is 11.4 Å². The van der Waals surface area contributed by atoms with E-state index in [1.165, 1.54) is 16.8 Å². The predicted molar refractivity (Wildman–Crippen MR) is 115 cm³/mol. The highest BCUT2D eigenvalue weighted by Gasteiger charge is 2.21. The number of piperazine rings is 1. The lowest BCUT2D eigenvalue weighted by atomic mass is 10.1. The van der Waals surface area contributed by atoms with Gasteiger partial charge in [-0.25, -0.2) is 0 Å². The van der Waals surface area contributed by atoms with Gasteiger partial charge in [0.15, 0.2) is 5.11 Å². The average Bonchev–Trinajstić information content (AvgIpc) is 2.70. The highest BCUT2D eigenvalue weighted by atomic mass is 32.1. The maximum absolute atomic E-state index is 5.64. The molecule has 5 nitrogen and oxygen atoms in total. The largest absolute Gasteiger partial charge is 0.497 e. The summed E-state index contributed by atoms with van der Waals surface area (Å²) in [6.07, 6.45) is 0. The summed E-state index contributed by atoms with van der Waals surface area (Å²) < 4.78 is 10.7. The van der Waals surface area contributed by atoms with Crippen molar-refractivity contribution in [3.8, 4) is 11.5 Å². The molecule has 0 aromatic heterocycles. The highest BCUT2D eigenvalue weighted by Crippen LogP contribution is 2.29. The Kier molecular flexibility index (Phi) is 6.06. The zero-order valence-electron chi connectivity index (χ0n) is 16.4. The third kappa shape index (κ3) is 4.45. The Bertz CT molecular complexity index is 817. The fraction of sp³-hybridized carbons (Fsp3) is 0.381. The van der Waals surface area contributed by atoms with Crippen molar-refractivity contribution in [2.45, 2.75) is 13.8 Å². The van der Waals surface area contributed by atoms with Crippen molar-refractivity contribution in [3.05, 3.63) is 47.5 Å². The Morgan fingerprint density at radius 2 is 1.70 bits per heavy atom. The molecule has 3 rings (SSSR count). The lowest BCUT2D eigenvalue weighted by Gasteiger charge is -2.38. The van der Waals surface area contributed by atoms with Gasteiger partial charge in [-0.1, -0.05) is 12.1 Å². The maximum atomic E-state index is 5.64. The molecule has 1 fully saturated rings. The zero-order chi connectivity index (χ0) is 19.4. The number of nitrogens with zero attached hydrogens (tertiary/aromatic N) is 2. The fourth-order valence-corrected chi connectivity index (χ4v) is 3.60. The number of anilines is 2. The van der Waals surface area contributed by atoms with Gasteiger partial charge in [0.1, 0.15) is 11.5 Å². The molecule has 0 unspecified atom stereocenters. The summed E-state index contributed by atoms with van der Waals surface area (Å²) in [5.74, 6) is 1.47. The number of nitrogens with one attached hydrogen (secondary N) is 1. The molecule has 0 bridgehead atoms. The summed E-state index contributed by atoms with van der Waals surface area (Å²) in [7, 11) is 3.29. The van der Waals surface area contributed by atoms with E-state index in [2.05, 4.69) is 47.2 Å². The van der Waals surface area contributed by atoms with Crippen LogP contribution in [-0.2, 0) is 0 Å². The molecular formula is C21H27N3O2S. The van der Waals surface area contributed by atoms with E-state index >= 15 is 0 Å². The molecule has 1 heterocycles. The summed E-state index contributed by atoms with van der Waals surface area (Å²) in [6, 6.07) is 12.3. The molecule has 6 heteroatoms. The molecule has 1 saturated heterocycles. The topological polar surface area (TPSA) is 37.0 Å². The molecule has 27 heavy (non-hydrogen) atoms. The summed E-state index contributed by atoms with van der Waals surface area (Å²) in [5, 5.41) is 4.04. The van der Waals surface area contributed by atoms with Gasteiger partial charge in [0.2, 0.25) is 0 Å². The summed E-state index contributed by atoms with van der Waals surface area (Å²) in [5.41, 5.74) is 4.78. The van der Waals surface area contributed by atoms with Crippen LogP contribution in [0, 0.1) is 13.8 Å². The van der Waals surface area contributed by atoms with Crippen LogP contribution >= 0.6 is 12.2 Å². The van der Waals surface area contributed by atoms with Crippen LogP contribution in [0.2, 0.25) is 0 Å². The molecule has 1 N–H and O–H groups in total. The monoisotopic (exact) mass is 385 g/mol. The smallest absolute Gasteiger partial charge is 0.173 e. The first-order chi connectivity index (χ1) is 13.0. The van der Waals surface area contributed by atoms with E-state index in [0.29, 0.717) is 5.75 Å². The number of benzene rings is 2. The van der Waals surface area contributed by atoms with E-state index < -0.39 is 0 Å². The molecule has 2 aromatic rings. The number of ether oxygens (including phenoxy) is 2. The minimum Gasteiger partial charge on any atom is -0.497 e. The number of hydrogen-bond donors (Lipinski definition) is 1. The summed E-state index contributed by atoms with van der Waals surface area (Å²) in [6.45, 7) is 7.98. The lowest BCUT2D eigenvalue weighted by Crippen LogP contribution is -2.50. The van der Waals surface area contributed by atoms with Crippen LogP contribution < -0.4 is 19.7 Å². The van der Waals surface area contributed by atoms with Crippen molar-refractivity contribution < 1.29 is 9.47 Å². The molecule has 2 aromatic carbocycles. The van der Waals surface area contributed by atoms with E-state index in [1.54, 1.807) is 14.2 Å². The van der Waals surface area contributed by atoms with Gasteiger partial charge in [0.05, 0.1) is 19.9 Å². The molecular weight excluding hydrogens is 358 g/mol. The first-order valence-corrected chi connectivity index (χ1v) is 9.53. The number of aryl methyl sites for hydroxylation is 2. The van der Waals surface area contributed by atoms with E-state index in [9.17, 15) is 0 Å². The van der Waals surface area contributed by atoms with Gasteiger partial charge in [-0.05, 0) is 55.4 Å². The van der Waals surface area contributed by atoms with Crippen LogP contribution in [0.5, 0.6) is 11.5 Å². The first kappa shape index (κ1) is 19.3. The standard InChI is InChI=1S/C21H27N3O2S/c1-15-5-6-16(2)19(13-15)23-9-11-24(12-10-23)21(27)22-18-8-7-17(25-3)14-20(18)26-4/h5-8,13-14H,9-12H2,1-4H3,(H,22,27). The number of thiocarbonyl (C=S) groups is 1. The van der Waals surface area contributed by atoms with Gasteiger partial charge < -0.3 is 24.6 Å². The van der Waals surface area contributed by atoms with E-state index in [-0.39, 0.29) is 0 Å². The third-order valence-corrected chi connectivity index (χ3v) is 5.28. The fourth-order valence-electron chi connectivity index (χ4n) is 3.31. The Labute approximate surface area is 166 Å². The van der Waals surface area contributed by atoms with Gasteiger partial charge in [-0.2, -0.15) is 0 Å². The molecule has 0 aliphatic carbocycles. The minimum atomic E-state index is 0.714. The SMILES string of the molecule is COc1ccc(NC(=S)N2CCN(c3cc(C)ccc3C)CC2)c(OC)c1. The molecule has 0 saturated carbocycles. The van der Waals surface area contributed by atoms with Crippen molar-refractivity contribution in [1.82, 2.24) is 4.90 Å². The highest BCUT2D eigenvalue weighted by molar-refractivity contribution is 7.80. The number of rotatable bonds is 4. The van der Waals surface area contributed by atoms with Crippen LogP contribution in [0.3, 0.4) is 0 Å². The Morgan fingerprint density at radius 1 is 0.963 bits per heavy atom. The van der Waals surface area contributed by atoms with Crippen molar-refractivity contribution in [2.24, 2.45) is 0 Å². The quantitative estimate of drug-likeness (QED) is 0.806. The third-order valence-electron chi connectivity index (χ3n) is 4.92. The Balaban J connectivity index is 1.63.